The van der Waals surface area contributed by atoms with Crippen molar-refractivity contribution in [3.63, 3.8) is 0 Å². The lowest BCUT2D eigenvalue weighted by molar-refractivity contribution is 0.165. The molecule has 0 heterocycles. The van der Waals surface area contributed by atoms with Crippen molar-refractivity contribution in [2.75, 3.05) is 0 Å². The summed E-state index contributed by atoms with van der Waals surface area (Å²) in [6, 6.07) is 0.170. The second-order valence-electron chi connectivity index (χ2n) is 5.43. The first-order valence-corrected chi connectivity index (χ1v) is 4.85. The maximum Gasteiger partial charge on any atom is 0.324 e. The zero-order valence-corrected chi connectivity index (χ0v) is 8.17. The van der Waals surface area contributed by atoms with Gasteiger partial charge in [-0.25, -0.2) is 0 Å². The molecule has 2 nitrogen and oxygen atoms in total. The second kappa shape index (κ2) is 2.02. The van der Waals surface area contributed by atoms with E-state index in [4.69, 9.17) is 5.39 Å². The first kappa shape index (κ1) is 8.04. The number of hydrogen-bond donors (Lipinski definition) is 0. The Bertz CT molecular complexity index is 246. The van der Waals surface area contributed by atoms with E-state index in [0.717, 1.165) is 5.92 Å². The van der Waals surface area contributed by atoms with Crippen LogP contribution >= 0.6 is 0 Å². The van der Waals surface area contributed by atoms with Gasteiger partial charge in [0.15, 0.2) is 0 Å². The molecule has 0 aromatic rings. The molecule has 0 N–H and O–H groups in total. The summed E-state index contributed by atoms with van der Waals surface area (Å²) in [5, 5.41) is 9.01. The monoisotopic (exact) mass is 165 g/mol. The average molecular weight is 165 g/mol. The lowest BCUT2D eigenvalue weighted by atomic mass is 9.69. The van der Waals surface area contributed by atoms with Gasteiger partial charge in [-0.1, -0.05) is 20.8 Å². The third-order valence-corrected chi connectivity index (χ3v) is 4.31. The highest BCUT2D eigenvalue weighted by Gasteiger charge is 2.67. The molecule has 0 aliphatic heterocycles. The summed E-state index contributed by atoms with van der Waals surface area (Å²) in [6.45, 7) is 6.76. The van der Waals surface area contributed by atoms with Gasteiger partial charge in [0.25, 0.3) is 0 Å². The van der Waals surface area contributed by atoms with E-state index in [9.17, 15) is 0 Å². The molecule has 0 spiro atoms. The smallest absolute Gasteiger partial charge is 0.0518 e. The molecule has 2 rings (SSSR count). The van der Waals surface area contributed by atoms with Crippen molar-refractivity contribution in [3.05, 3.63) is 4.98 Å². The lowest BCUT2D eigenvalue weighted by Gasteiger charge is -2.30. The normalized spacial score (nSPS) is 49.2. The van der Waals surface area contributed by atoms with Crippen molar-refractivity contribution in [1.29, 1.82) is 5.39 Å². The van der Waals surface area contributed by atoms with Crippen LogP contribution in [0, 0.1) is 22.1 Å². The van der Waals surface area contributed by atoms with Gasteiger partial charge in [0.05, 0.1) is 10.8 Å². The molecule has 0 radical (unpaired) electrons. The van der Waals surface area contributed by atoms with E-state index in [1.54, 1.807) is 0 Å². The quantitative estimate of drug-likeness (QED) is 0.507. The maximum atomic E-state index is 9.01. The first-order chi connectivity index (χ1) is 5.50. The molecule has 0 unspecified atom stereocenters. The van der Waals surface area contributed by atoms with Crippen LogP contribution in [0.15, 0.2) is 0 Å². The van der Waals surface area contributed by atoms with E-state index < -0.39 is 0 Å². The molecule has 2 saturated carbocycles. The third kappa shape index (κ3) is 0.722. The van der Waals surface area contributed by atoms with Crippen LogP contribution in [0.3, 0.4) is 0 Å². The van der Waals surface area contributed by atoms with Gasteiger partial charge in [0.2, 0.25) is 5.39 Å². The minimum atomic E-state index is 0.170. The zero-order chi connectivity index (χ0) is 8.98. The molecule has 2 aliphatic carbocycles. The van der Waals surface area contributed by atoms with E-state index in [2.05, 4.69) is 25.7 Å². The molecular weight excluding hydrogens is 148 g/mol. The van der Waals surface area contributed by atoms with E-state index in [1.165, 1.54) is 19.3 Å². The summed E-state index contributed by atoms with van der Waals surface area (Å²) in [7, 11) is 0. The SMILES string of the molecule is CC1(C)[C@@H]2CC[C@@](C)(C2)[C@@H]1[N+]#N. The van der Waals surface area contributed by atoms with Gasteiger partial charge >= 0.3 is 6.04 Å². The van der Waals surface area contributed by atoms with Crippen molar-refractivity contribution in [2.24, 2.45) is 16.7 Å². The highest BCUT2D eigenvalue weighted by atomic mass is 15.0. The van der Waals surface area contributed by atoms with Crippen molar-refractivity contribution in [1.82, 2.24) is 0 Å². The summed E-state index contributed by atoms with van der Waals surface area (Å²) < 4.78 is 0. The summed E-state index contributed by atoms with van der Waals surface area (Å²) in [5.74, 6) is 0.781. The number of fused-ring (bicyclic) bond motifs is 2. The van der Waals surface area contributed by atoms with E-state index in [-0.39, 0.29) is 11.5 Å². The van der Waals surface area contributed by atoms with Crippen LogP contribution in [0.2, 0.25) is 0 Å². The molecule has 0 aromatic heterocycles. The average Bonchev–Trinajstić information content (AvgIpc) is 2.39. The van der Waals surface area contributed by atoms with E-state index >= 15 is 0 Å². The highest BCUT2D eigenvalue weighted by Crippen LogP contribution is 2.63. The fourth-order valence-electron chi connectivity index (χ4n) is 3.56. The Labute approximate surface area is 74.0 Å². The largest absolute Gasteiger partial charge is 0.324 e. The van der Waals surface area contributed by atoms with Crippen molar-refractivity contribution < 1.29 is 0 Å². The Morgan fingerprint density at radius 2 is 2.00 bits per heavy atom. The molecule has 0 saturated heterocycles. The number of rotatable bonds is 0. The second-order valence-corrected chi connectivity index (χ2v) is 5.43. The van der Waals surface area contributed by atoms with Gasteiger partial charge in [-0.2, -0.15) is 0 Å². The van der Waals surface area contributed by atoms with Crippen LogP contribution in [-0.2, 0) is 0 Å². The van der Waals surface area contributed by atoms with Gasteiger partial charge in [0, 0.05) is 0 Å². The van der Waals surface area contributed by atoms with Crippen molar-refractivity contribution in [2.45, 2.75) is 46.1 Å². The van der Waals surface area contributed by atoms with Gasteiger partial charge in [-0.15, -0.1) is 0 Å². The van der Waals surface area contributed by atoms with Crippen LogP contribution in [0.5, 0.6) is 0 Å². The Morgan fingerprint density at radius 1 is 1.33 bits per heavy atom. The standard InChI is InChI=1S/C10H17N2/c1-9(2)7-4-5-10(3,6-7)8(9)12-11/h7-8H,4-6H2,1-3H3/q+1/t7-,8-,10+/m1/s1. The van der Waals surface area contributed by atoms with E-state index in [1.807, 2.05) is 0 Å². The molecule has 2 bridgehead atoms. The van der Waals surface area contributed by atoms with E-state index in [0.29, 0.717) is 5.41 Å². The summed E-state index contributed by atoms with van der Waals surface area (Å²) >= 11 is 0. The van der Waals surface area contributed by atoms with Crippen LogP contribution in [0.1, 0.15) is 40.0 Å². The molecule has 2 heteroatoms. The number of hydrogen-bond acceptors (Lipinski definition) is 1. The highest BCUT2D eigenvalue weighted by molar-refractivity contribution is 5.15. The van der Waals surface area contributed by atoms with Crippen LogP contribution in [-0.4, -0.2) is 6.04 Å². The first-order valence-electron chi connectivity index (χ1n) is 4.85. The van der Waals surface area contributed by atoms with Crippen LogP contribution in [0.25, 0.3) is 4.98 Å². The predicted octanol–water partition coefficient (Wildman–Crippen LogP) is 3.05. The third-order valence-electron chi connectivity index (χ3n) is 4.31. The van der Waals surface area contributed by atoms with Gasteiger partial charge in [-0.3, -0.25) is 0 Å². The zero-order valence-electron chi connectivity index (χ0n) is 8.17. The summed E-state index contributed by atoms with van der Waals surface area (Å²) in [5.41, 5.74) is 0.519. The van der Waals surface area contributed by atoms with Crippen molar-refractivity contribution in [3.8, 4) is 0 Å². The number of nitrogens with zero attached hydrogens (tertiary/aromatic N) is 2. The minimum Gasteiger partial charge on any atom is -0.0518 e. The molecular formula is C10H17N2+. The predicted molar refractivity (Wildman–Crippen MR) is 48.1 cm³/mol. The Kier molecular flexibility index (Phi) is 1.35. The summed E-state index contributed by atoms with van der Waals surface area (Å²) in [4.78, 5) is 3.59. The van der Waals surface area contributed by atoms with Gasteiger partial charge in [-0.05, 0) is 25.2 Å². The molecule has 0 amide bonds. The fraction of sp³-hybridized carbons (Fsp3) is 1.00. The minimum absolute atomic E-state index is 0.170. The van der Waals surface area contributed by atoms with Crippen LogP contribution < -0.4 is 0 Å². The number of diazo groups is 1. The molecule has 12 heavy (non-hydrogen) atoms. The Hall–Kier alpha value is -0.580. The fourth-order valence-corrected chi connectivity index (χ4v) is 3.56. The van der Waals surface area contributed by atoms with Gasteiger partial charge in [0.1, 0.15) is 4.98 Å². The van der Waals surface area contributed by atoms with Gasteiger partial charge < -0.3 is 0 Å². The maximum absolute atomic E-state index is 9.01. The Morgan fingerprint density at radius 3 is 2.33 bits per heavy atom. The Balaban J connectivity index is 2.39. The van der Waals surface area contributed by atoms with Crippen LogP contribution in [0.4, 0.5) is 0 Å². The molecule has 3 atom stereocenters. The lowest BCUT2D eigenvalue weighted by Crippen LogP contribution is -2.37. The molecule has 2 fully saturated rings. The molecule has 66 valence electrons. The van der Waals surface area contributed by atoms with Crippen molar-refractivity contribution >= 4 is 0 Å². The topological polar surface area (TPSA) is 28.1 Å². The summed E-state index contributed by atoms with van der Waals surface area (Å²) in [6.07, 6.45) is 3.83. The molecule has 0 aromatic carbocycles. The molecule has 2 aliphatic rings.